The van der Waals surface area contributed by atoms with Crippen LogP contribution in [0, 0.1) is 0 Å². The summed E-state index contributed by atoms with van der Waals surface area (Å²) in [6.07, 6.45) is 24.9. The van der Waals surface area contributed by atoms with Gasteiger partial charge in [0.2, 0.25) is 5.91 Å². The Labute approximate surface area is 172 Å². The number of carbonyl (C=O) groups is 1. The van der Waals surface area contributed by atoms with Gasteiger partial charge in [0, 0.05) is 6.42 Å². The molecule has 0 rings (SSSR count). The molecule has 2 unspecified atom stereocenters. The van der Waals surface area contributed by atoms with Gasteiger partial charge in [-0.05, 0) is 38.5 Å². The van der Waals surface area contributed by atoms with Gasteiger partial charge in [-0.1, -0.05) is 81.7 Å². The fourth-order valence-corrected chi connectivity index (χ4v) is 2.66. The Kier molecular flexibility index (Phi) is 18.9. The molecule has 28 heavy (non-hydrogen) atoms. The third-order valence-corrected chi connectivity index (χ3v) is 4.37. The van der Waals surface area contributed by atoms with Crippen molar-refractivity contribution in [3.63, 3.8) is 0 Å². The summed E-state index contributed by atoms with van der Waals surface area (Å²) in [5.74, 6) is -0.129. The van der Waals surface area contributed by atoms with Crippen LogP contribution < -0.4 is 5.32 Å². The minimum absolute atomic E-state index is 0.129. The van der Waals surface area contributed by atoms with Crippen LogP contribution in [0.25, 0.3) is 0 Å². The molecule has 4 nitrogen and oxygen atoms in total. The molecule has 0 aliphatic carbocycles. The molecule has 3 N–H and O–H groups in total. The second-order valence-electron chi connectivity index (χ2n) is 6.96. The highest BCUT2D eigenvalue weighted by Crippen LogP contribution is 2.07. The number of amides is 1. The topological polar surface area (TPSA) is 69.6 Å². The average molecular weight is 392 g/mol. The SMILES string of the molecule is CC/C=C\C/C=C\C/C=C\C/C=C\CCC(=O)NC(CO)C(O)CCCCC. The fraction of sp³-hybridized carbons (Fsp3) is 0.625. The molecule has 0 bridgehead atoms. The Hall–Kier alpha value is -1.65. The standard InChI is InChI=1S/C24H41NO3/c1-3-5-7-8-9-10-11-12-13-14-15-16-18-20-24(28)25-22(21-26)23(27)19-17-6-4-2/h5,7,9-10,12-13,15-16,22-23,26-27H,3-4,6,8,11,14,17-21H2,1-2H3,(H,25,28)/b7-5-,10-9-,13-12-,16-15-. The van der Waals surface area contributed by atoms with E-state index in [-0.39, 0.29) is 12.5 Å². The monoisotopic (exact) mass is 391 g/mol. The van der Waals surface area contributed by atoms with Gasteiger partial charge in [0.1, 0.15) is 0 Å². The van der Waals surface area contributed by atoms with Gasteiger partial charge in [-0.15, -0.1) is 0 Å². The zero-order valence-corrected chi connectivity index (χ0v) is 17.9. The molecule has 0 spiro atoms. The Bertz CT molecular complexity index is 480. The first-order chi connectivity index (χ1) is 13.7. The summed E-state index contributed by atoms with van der Waals surface area (Å²) >= 11 is 0. The van der Waals surface area contributed by atoms with Gasteiger partial charge in [-0.2, -0.15) is 0 Å². The number of unbranched alkanes of at least 4 members (excludes halogenated alkanes) is 2. The highest BCUT2D eigenvalue weighted by Gasteiger charge is 2.19. The van der Waals surface area contributed by atoms with Crippen LogP contribution in [0.2, 0.25) is 0 Å². The minimum Gasteiger partial charge on any atom is -0.394 e. The molecule has 0 aromatic rings. The van der Waals surface area contributed by atoms with E-state index in [0.717, 1.165) is 44.9 Å². The maximum Gasteiger partial charge on any atom is 0.220 e. The normalized spacial score (nSPS) is 14.6. The van der Waals surface area contributed by atoms with Crippen molar-refractivity contribution in [3.05, 3.63) is 48.6 Å². The number of allylic oxidation sites excluding steroid dienone is 8. The fourth-order valence-electron chi connectivity index (χ4n) is 2.66. The van der Waals surface area contributed by atoms with E-state index in [4.69, 9.17) is 0 Å². The van der Waals surface area contributed by atoms with Crippen molar-refractivity contribution in [3.8, 4) is 0 Å². The van der Waals surface area contributed by atoms with Gasteiger partial charge in [0.25, 0.3) is 0 Å². The summed E-state index contributed by atoms with van der Waals surface area (Å²) in [7, 11) is 0. The molecular formula is C24H41NO3. The number of rotatable bonds is 17. The van der Waals surface area contributed by atoms with E-state index in [0.29, 0.717) is 19.3 Å². The van der Waals surface area contributed by atoms with Crippen LogP contribution >= 0.6 is 0 Å². The van der Waals surface area contributed by atoms with E-state index in [9.17, 15) is 15.0 Å². The Morgan fingerprint density at radius 3 is 2.00 bits per heavy atom. The largest absolute Gasteiger partial charge is 0.394 e. The molecule has 2 atom stereocenters. The van der Waals surface area contributed by atoms with Crippen LogP contribution in [0.5, 0.6) is 0 Å². The average Bonchev–Trinajstić information content (AvgIpc) is 2.69. The van der Waals surface area contributed by atoms with Crippen molar-refractivity contribution in [2.24, 2.45) is 0 Å². The number of hydrogen-bond acceptors (Lipinski definition) is 3. The third-order valence-electron chi connectivity index (χ3n) is 4.37. The smallest absolute Gasteiger partial charge is 0.220 e. The molecule has 4 heteroatoms. The highest BCUT2D eigenvalue weighted by atomic mass is 16.3. The zero-order valence-electron chi connectivity index (χ0n) is 17.9. The van der Waals surface area contributed by atoms with Gasteiger partial charge in [0.15, 0.2) is 0 Å². The van der Waals surface area contributed by atoms with E-state index < -0.39 is 12.1 Å². The maximum atomic E-state index is 12.0. The first-order valence-electron chi connectivity index (χ1n) is 10.8. The van der Waals surface area contributed by atoms with Crippen LogP contribution in [0.1, 0.15) is 78.1 Å². The lowest BCUT2D eigenvalue weighted by atomic mass is 10.0. The van der Waals surface area contributed by atoms with E-state index in [1.54, 1.807) is 0 Å². The van der Waals surface area contributed by atoms with Crippen molar-refractivity contribution in [1.82, 2.24) is 5.32 Å². The predicted octanol–water partition coefficient (Wildman–Crippen LogP) is 4.99. The maximum absolute atomic E-state index is 12.0. The van der Waals surface area contributed by atoms with E-state index in [1.807, 2.05) is 6.08 Å². The Morgan fingerprint density at radius 1 is 0.893 bits per heavy atom. The molecule has 0 aliphatic heterocycles. The van der Waals surface area contributed by atoms with Crippen molar-refractivity contribution in [1.29, 1.82) is 0 Å². The number of nitrogens with one attached hydrogen (secondary N) is 1. The molecule has 0 aromatic heterocycles. The molecule has 0 fully saturated rings. The van der Waals surface area contributed by atoms with Gasteiger partial charge in [-0.25, -0.2) is 0 Å². The van der Waals surface area contributed by atoms with Gasteiger partial charge in [-0.3, -0.25) is 4.79 Å². The number of aliphatic hydroxyl groups excluding tert-OH is 2. The summed E-state index contributed by atoms with van der Waals surface area (Å²) in [5.41, 5.74) is 0. The second-order valence-corrected chi connectivity index (χ2v) is 6.96. The minimum atomic E-state index is -0.683. The molecule has 0 saturated carbocycles. The molecule has 160 valence electrons. The van der Waals surface area contributed by atoms with Gasteiger partial charge >= 0.3 is 0 Å². The summed E-state index contributed by atoms with van der Waals surface area (Å²) in [6.45, 7) is 4.00. The number of carbonyl (C=O) groups excluding carboxylic acids is 1. The van der Waals surface area contributed by atoms with Crippen LogP contribution in [-0.2, 0) is 4.79 Å². The van der Waals surface area contributed by atoms with E-state index >= 15 is 0 Å². The lowest BCUT2D eigenvalue weighted by molar-refractivity contribution is -0.123. The van der Waals surface area contributed by atoms with Crippen LogP contribution in [-0.4, -0.2) is 34.9 Å². The molecule has 0 aromatic carbocycles. The third kappa shape index (κ3) is 16.5. The van der Waals surface area contributed by atoms with Crippen LogP contribution in [0.3, 0.4) is 0 Å². The lowest BCUT2D eigenvalue weighted by Gasteiger charge is -2.22. The van der Waals surface area contributed by atoms with Crippen molar-refractivity contribution in [2.45, 2.75) is 90.2 Å². The van der Waals surface area contributed by atoms with Crippen LogP contribution in [0.15, 0.2) is 48.6 Å². The lowest BCUT2D eigenvalue weighted by Crippen LogP contribution is -2.45. The summed E-state index contributed by atoms with van der Waals surface area (Å²) in [4.78, 5) is 12.0. The summed E-state index contributed by atoms with van der Waals surface area (Å²) in [5, 5.41) is 22.2. The molecule has 0 aliphatic rings. The van der Waals surface area contributed by atoms with Gasteiger partial charge in [0.05, 0.1) is 18.8 Å². The van der Waals surface area contributed by atoms with Crippen molar-refractivity contribution < 1.29 is 15.0 Å². The van der Waals surface area contributed by atoms with E-state index in [1.165, 1.54) is 0 Å². The van der Waals surface area contributed by atoms with E-state index in [2.05, 4.69) is 61.7 Å². The number of aliphatic hydroxyl groups is 2. The van der Waals surface area contributed by atoms with Gasteiger partial charge < -0.3 is 15.5 Å². The molecule has 0 radical (unpaired) electrons. The van der Waals surface area contributed by atoms with Crippen LogP contribution in [0.4, 0.5) is 0 Å². The number of hydrogen-bond donors (Lipinski definition) is 3. The molecule has 1 amide bonds. The summed E-state index contributed by atoms with van der Waals surface area (Å²) in [6, 6.07) is -0.568. The molecule has 0 saturated heterocycles. The summed E-state index contributed by atoms with van der Waals surface area (Å²) < 4.78 is 0. The zero-order chi connectivity index (χ0) is 20.9. The Morgan fingerprint density at radius 2 is 1.46 bits per heavy atom. The second kappa shape index (κ2) is 20.1. The molecule has 0 heterocycles. The predicted molar refractivity (Wildman–Crippen MR) is 119 cm³/mol. The highest BCUT2D eigenvalue weighted by molar-refractivity contribution is 5.76. The molecular weight excluding hydrogens is 350 g/mol. The first kappa shape index (κ1) is 26.4. The Balaban J connectivity index is 3.85. The van der Waals surface area contributed by atoms with Crippen molar-refractivity contribution in [2.75, 3.05) is 6.61 Å². The first-order valence-corrected chi connectivity index (χ1v) is 10.8. The van der Waals surface area contributed by atoms with Crippen molar-refractivity contribution >= 4 is 5.91 Å². The quantitative estimate of drug-likeness (QED) is 0.242.